The second kappa shape index (κ2) is 7.58. The summed E-state index contributed by atoms with van der Waals surface area (Å²) >= 11 is 8.80. The lowest BCUT2D eigenvalue weighted by molar-refractivity contribution is 0.524. The lowest BCUT2D eigenvalue weighted by atomic mass is 10.0. The zero-order chi connectivity index (χ0) is 13.7. The van der Waals surface area contributed by atoms with Gasteiger partial charge in [-0.2, -0.15) is 0 Å². The average molecular weight is 403 g/mol. The standard InChI is InChI=1S/C15H17Br2NS/c1-2-14(11-3-5-12(16)6-4-11)18-10-9-13-7-8-15(17)19-13/h3-8,14,18H,2,9-10H2,1H3. The molecule has 0 fully saturated rings. The molecule has 1 aromatic carbocycles. The summed E-state index contributed by atoms with van der Waals surface area (Å²) in [5.41, 5.74) is 1.36. The zero-order valence-electron chi connectivity index (χ0n) is 10.8. The predicted octanol–water partition coefficient (Wildman–Crippen LogP) is 5.56. The summed E-state index contributed by atoms with van der Waals surface area (Å²) in [5.74, 6) is 0. The largest absolute Gasteiger partial charge is 0.310 e. The van der Waals surface area contributed by atoms with Gasteiger partial charge < -0.3 is 5.32 Å². The van der Waals surface area contributed by atoms with Crippen LogP contribution < -0.4 is 5.32 Å². The van der Waals surface area contributed by atoms with E-state index in [0.717, 1.165) is 23.9 Å². The van der Waals surface area contributed by atoms with Crippen LogP contribution >= 0.6 is 43.2 Å². The van der Waals surface area contributed by atoms with Gasteiger partial charge in [0.15, 0.2) is 0 Å². The first-order valence-electron chi connectivity index (χ1n) is 6.42. The fraction of sp³-hybridized carbons (Fsp3) is 0.333. The molecule has 0 saturated carbocycles. The van der Waals surface area contributed by atoms with E-state index in [2.05, 4.69) is 80.5 Å². The molecule has 0 amide bonds. The first-order valence-corrected chi connectivity index (χ1v) is 8.82. The van der Waals surface area contributed by atoms with E-state index in [1.54, 1.807) is 0 Å². The fourth-order valence-corrected chi connectivity index (χ4v) is 3.80. The molecule has 0 bridgehead atoms. The molecule has 2 rings (SSSR count). The Morgan fingerprint density at radius 1 is 1.11 bits per heavy atom. The third-order valence-corrected chi connectivity index (χ3v) is 5.28. The van der Waals surface area contributed by atoms with Gasteiger partial charge >= 0.3 is 0 Å². The van der Waals surface area contributed by atoms with Crippen molar-refractivity contribution < 1.29 is 0 Å². The molecule has 1 N–H and O–H groups in total. The molecule has 1 atom stereocenters. The van der Waals surface area contributed by atoms with Gasteiger partial charge in [0.25, 0.3) is 0 Å². The molecule has 102 valence electrons. The van der Waals surface area contributed by atoms with Crippen LogP contribution in [0.2, 0.25) is 0 Å². The smallest absolute Gasteiger partial charge is 0.0701 e. The molecule has 1 nitrogen and oxygen atoms in total. The van der Waals surface area contributed by atoms with Crippen LogP contribution in [0.1, 0.15) is 29.8 Å². The molecule has 19 heavy (non-hydrogen) atoms. The van der Waals surface area contributed by atoms with Crippen LogP contribution in [0.4, 0.5) is 0 Å². The third kappa shape index (κ3) is 4.71. The van der Waals surface area contributed by atoms with Crippen molar-refractivity contribution in [3.8, 4) is 0 Å². The van der Waals surface area contributed by atoms with Gasteiger partial charge in [0.1, 0.15) is 0 Å². The molecule has 0 saturated heterocycles. The third-order valence-electron chi connectivity index (χ3n) is 3.07. The highest BCUT2D eigenvalue weighted by Gasteiger charge is 2.08. The van der Waals surface area contributed by atoms with Crippen molar-refractivity contribution in [1.82, 2.24) is 5.32 Å². The normalized spacial score (nSPS) is 12.6. The van der Waals surface area contributed by atoms with Crippen molar-refractivity contribution in [2.75, 3.05) is 6.54 Å². The van der Waals surface area contributed by atoms with Crippen LogP contribution in [-0.2, 0) is 6.42 Å². The zero-order valence-corrected chi connectivity index (χ0v) is 14.8. The molecule has 2 aromatic rings. The molecule has 1 aromatic heterocycles. The fourth-order valence-electron chi connectivity index (χ4n) is 2.05. The topological polar surface area (TPSA) is 12.0 Å². The van der Waals surface area contributed by atoms with E-state index in [-0.39, 0.29) is 0 Å². The molecule has 4 heteroatoms. The molecule has 0 aliphatic carbocycles. The minimum Gasteiger partial charge on any atom is -0.310 e. The van der Waals surface area contributed by atoms with Gasteiger partial charge in [0.2, 0.25) is 0 Å². The summed E-state index contributed by atoms with van der Waals surface area (Å²) in [4.78, 5) is 1.42. The first kappa shape index (κ1) is 15.2. The van der Waals surface area contributed by atoms with Gasteiger partial charge in [-0.1, -0.05) is 35.0 Å². The minimum atomic E-state index is 0.441. The summed E-state index contributed by atoms with van der Waals surface area (Å²) in [7, 11) is 0. The monoisotopic (exact) mass is 401 g/mol. The summed E-state index contributed by atoms with van der Waals surface area (Å²) in [6.45, 7) is 3.24. The number of halogens is 2. The predicted molar refractivity (Wildman–Crippen MR) is 90.9 cm³/mol. The number of benzene rings is 1. The number of hydrogen-bond acceptors (Lipinski definition) is 2. The first-order chi connectivity index (χ1) is 9.19. The summed E-state index contributed by atoms with van der Waals surface area (Å²) in [6.07, 6.45) is 2.19. The van der Waals surface area contributed by atoms with Crippen LogP contribution in [0.5, 0.6) is 0 Å². The average Bonchev–Trinajstić information content (AvgIpc) is 2.82. The van der Waals surface area contributed by atoms with E-state index in [1.165, 1.54) is 14.2 Å². The number of hydrogen-bond donors (Lipinski definition) is 1. The molecule has 1 unspecified atom stereocenters. The second-order valence-corrected chi connectivity index (χ2v) is 7.89. The van der Waals surface area contributed by atoms with E-state index in [1.807, 2.05) is 11.3 Å². The molecular weight excluding hydrogens is 386 g/mol. The SMILES string of the molecule is CCC(NCCc1ccc(Br)s1)c1ccc(Br)cc1. The van der Waals surface area contributed by atoms with Gasteiger partial charge in [-0.05, 0) is 58.6 Å². The maximum absolute atomic E-state index is 3.64. The summed E-state index contributed by atoms with van der Waals surface area (Å²) in [6, 6.07) is 13.3. The Balaban J connectivity index is 1.87. The van der Waals surface area contributed by atoms with Gasteiger partial charge in [-0.25, -0.2) is 0 Å². The van der Waals surface area contributed by atoms with Crippen LogP contribution in [0.15, 0.2) is 44.7 Å². The highest BCUT2D eigenvalue weighted by molar-refractivity contribution is 9.11. The van der Waals surface area contributed by atoms with Gasteiger partial charge in [-0.15, -0.1) is 11.3 Å². The highest BCUT2D eigenvalue weighted by Crippen LogP contribution is 2.23. The Hall–Kier alpha value is -0.160. The molecule has 0 aliphatic rings. The molecule has 1 heterocycles. The summed E-state index contributed by atoms with van der Waals surface area (Å²) in [5, 5.41) is 3.64. The van der Waals surface area contributed by atoms with Crippen LogP contribution in [-0.4, -0.2) is 6.54 Å². The van der Waals surface area contributed by atoms with Crippen molar-refractivity contribution in [3.05, 3.63) is 55.1 Å². The van der Waals surface area contributed by atoms with E-state index < -0.39 is 0 Å². The quantitative estimate of drug-likeness (QED) is 0.667. The summed E-state index contributed by atoms with van der Waals surface area (Å²) < 4.78 is 2.34. The molecule has 0 aliphatic heterocycles. The van der Waals surface area contributed by atoms with E-state index in [4.69, 9.17) is 0 Å². The lowest BCUT2D eigenvalue weighted by Gasteiger charge is -2.17. The van der Waals surface area contributed by atoms with E-state index >= 15 is 0 Å². The number of rotatable bonds is 6. The van der Waals surface area contributed by atoms with Crippen molar-refractivity contribution in [1.29, 1.82) is 0 Å². The second-order valence-electron chi connectivity index (χ2n) is 4.42. The minimum absolute atomic E-state index is 0.441. The van der Waals surface area contributed by atoms with Gasteiger partial charge in [0, 0.05) is 21.9 Å². The maximum atomic E-state index is 3.64. The number of thiophene rings is 1. The Morgan fingerprint density at radius 2 is 1.84 bits per heavy atom. The van der Waals surface area contributed by atoms with Crippen molar-refractivity contribution in [2.45, 2.75) is 25.8 Å². The van der Waals surface area contributed by atoms with Gasteiger partial charge in [-0.3, -0.25) is 0 Å². The van der Waals surface area contributed by atoms with Crippen LogP contribution in [0.3, 0.4) is 0 Å². The Bertz CT molecular complexity index is 507. The Kier molecular flexibility index (Phi) is 6.07. The van der Waals surface area contributed by atoms with Crippen molar-refractivity contribution in [3.63, 3.8) is 0 Å². The lowest BCUT2D eigenvalue weighted by Crippen LogP contribution is -2.23. The maximum Gasteiger partial charge on any atom is 0.0701 e. The van der Waals surface area contributed by atoms with Gasteiger partial charge in [0.05, 0.1) is 3.79 Å². The van der Waals surface area contributed by atoms with Crippen molar-refractivity contribution >= 4 is 43.2 Å². The Morgan fingerprint density at radius 3 is 2.42 bits per heavy atom. The number of nitrogens with one attached hydrogen (secondary N) is 1. The van der Waals surface area contributed by atoms with E-state index in [9.17, 15) is 0 Å². The van der Waals surface area contributed by atoms with Crippen LogP contribution in [0, 0.1) is 0 Å². The molecule has 0 radical (unpaired) electrons. The highest BCUT2D eigenvalue weighted by atomic mass is 79.9. The molecule has 0 spiro atoms. The van der Waals surface area contributed by atoms with E-state index in [0.29, 0.717) is 6.04 Å². The Labute approximate surface area is 135 Å². The van der Waals surface area contributed by atoms with Crippen LogP contribution in [0.25, 0.3) is 0 Å². The molecular formula is C15H17Br2NS. The van der Waals surface area contributed by atoms with Crippen molar-refractivity contribution in [2.24, 2.45) is 0 Å².